The lowest BCUT2D eigenvalue weighted by atomic mass is 10.1. The number of carbonyl (C=O) groups is 12. The van der Waals surface area contributed by atoms with Crippen molar-refractivity contribution in [2.24, 2.45) is 11.5 Å². The molecule has 10 atom stereocenters. The van der Waals surface area contributed by atoms with Gasteiger partial charge in [-0.05, 0) is 147 Å². The van der Waals surface area contributed by atoms with Crippen molar-refractivity contribution < 1.29 is 114 Å². The van der Waals surface area contributed by atoms with E-state index in [1.54, 1.807) is 0 Å². The molecular formula is C102H196N16O24. The van der Waals surface area contributed by atoms with Crippen LogP contribution in [-0.4, -0.2) is 508 Å². The lowest BCUT2D eigenvalue weighted by Gasteiger charge is -2.45. The first-order chi connectivity index (χ1) is 67.9. The summed E-state index contributed by atoms with van der Waals surface area (Å²) in [6.07, 6.45) is 17.0. The number of methoxy groups -OCH3 is 12. The second kappa shape index (κ2) is 81.1. The van der Waals surface area contributed by atoms with Crippen molar-refractivity contribution in [2.75, 3.05) is 308 Å². The summed E-state index contributed by atoms with van der Waals surface area (Å²) in [5.41, 5.74) is 11.4. The molecular weight excluding hydrogens is 1830 g/mol. The monoisotopic (exact) mass is 2030 g/mol. The van der Waals surface area contributed by atoms with E-state index in [2.05, 4.69) is 152 Å². The Hall–Kier alpha value is -7.00. The van der Waals surface area contributed by atoms with Crippen LogP contribution in [0.15, 0.2) is 0 Å². The number of hydrogen-bond acceptors (Lipinski definition) is 40. The molecule has 0 aromatic carbocycles. The van der Waals surface area contributed by atoms with Crippen LogP contribution in [0.5, 0.6) is 0 Å². The Kier molecular flexibility index (Phi) is 75.9. The van der Waals surface area contributed by atoms with E-state index in [-0.39, 0.29) is 97.3 Å². The zero-order valence-electron chi connectivity index (χ0n) is 92.0. The summed E-state index contributed by atoms with van der Waals surface area (Å²) in [7, 11) is 16.9. The maximum absolute atomic E-state index is 11.6. The van der Waals surface area contributed by atoms with Gasteiger partial charge in [-0.25, -0.2) is 0 Å². The molecule has 0 aliphatic carbocycles. The van der Waals surface area contributed by atoms with Crippen LogP contribution in [-0.2, 0) is 114 Å². The summed E-state index contributed by atoms with van der Waals surface area (Å²) >= 11 is 0. The minimum atomic E-state index is -0.268. The third kappa shape index (κ3) is 60.9. The SMILES string of the molecule is COC(=O)CCCCCN1C[C@@H](C)N(CCN(CCC(=O)OC)CCC(=O)OC)C[C@@H]1C.COC(=O)CCCCCN1C[C@@H](C)N(CCN)C[C@@H]1C.COC(=O)CCCCCN1C[C@H](C)N(CCCCCC(=O)OC)C[C@H]1C.COC(=O)CCN(CCC(=O)OC)CCN1C[C@H](C)N(CCN(CCC(=O)OC)CCC(=O)OC)C[C@H]1C.COC(=O)CCN(CCC(=O)OC)CCN1C[C@H](C)N(CCN)C[C@H]1C. The first kappa shape index (κ1) is 133. The van der Waals surface area contributed by atoms with Crippen molar-refractivity contribution in [1.82, 2.24) is 68.6 Å². The Labute approximate surface area is 853 Å². The zero-order chi connectivity index (χ0) is 106. The molecule has 0 bridgehead atoms. The van der Waals surface area contributed by atoms with E-state index < -0.39 is 0 Å². The topological polar surface area (TPSA) is 413 Å². The number of piperazine rings is 5. The maximum Gasteiger partial charge on any atom is 0.306 e. The molecule has 40 heteroatoms. The molecule has 0 amide bonds. The van der Waals surface area contributed by atoms with Gasteiger partial charge in [-0.2, -0.15) is 0 Å². The molecule has 5 aliphatic heterocycles. The molecule has 40 nitrogen and oxygen atoms in total. The average molecular weight is 2030 g/mol. The smallest absolute Gasteiger partial charge is 0.306 e. The Morgan fingerprint density at radius 3 is 0.423 bits per heavy atom. The summed E-state index contributed by atoms with van der Waals surface area (Å²) in [4.78, 5) is 170. The van der Waals surface area contributed by atoms with Gasteiger partial charge in [-0.3, -0.25) is 107 Å². The van der Waals surface area contributed by atoms with Gasteiger partial charge in [0.25, 0.3) is 0 Å². The predicted molar refractivity (Wildman–Crippen MR) is 549 cm³/mol. The minimum Gasteiger partial charge on any atom is -0.469 e. The molecule has 0 spiro atoms. The van der Waals surface area contributed by atoms with Crippen molar-refractivity contribution in [3.05, 3.63) is 0 Å². The summed E-state index contributed by atoms with van der Waals surface area (Å²) in [6.45, 7) is 51.6. The second-order valence-electron chi connectivity index (χ2n) is 38.5. The van der Waals surface area contributed by atoms with Gasteiger partial charge in [0.2, 0.25) is 0 Å². The molecule has 0 unspecified atom stereocenters. The lowest BCUT2D eigenvalue weighted by Crippen LogP contribution is -2.58. The third-order valence-electron chi connectivity index (χ3n) is 28.0. The lowest BCUT2D eigenvalue weighted by molar-refractivity contribution is -0.143. The first-order valence-electron chi connectivity index (χ1n) is 52.4. The highest BCUT2D eigenvalue weighted by Crippen LogP contribution is 2.24. The number of rotatable bonds is 64. The highest BCUT2D eigenvalue weighted by atomic mass is 16.6. The van der Waals surface area contributed by atoms with Crippen LogP contribution in [0.4, 0.5) is 0 Å². The zero-order valence-corrected chi connectivity index (χ0v) is 92.0. The van der Waals surface area contributed by atoms with Crippen LogP contribution in [0.1, 0.15) is 223 Å². The molecule has 4 N–H and O–H groups in total. The molecule has 828 valence electrons. The number of ether oxygens (including phenoxy) is 12. The molecule has 0 radical (unpaired) electrons. The Balaban J connectivity index is 0.000000901. The van der Waals surface area contributed by atoms with Crippen LogP contribution in [0.3, 0.4) is 0 Å². The molecule has 5 aliphatic rings. The fourth-order valence-electron chi connectivity index (χ4n) is 18.5. The largest absolute Gasteiger partial charge is 0.469 e. The van der Waals surface area contributed by atoms with Crippen molar-refractivity contribution in [1.29, 1.82) is 0 Å². The summed E-state index contributed by atoms with van der Waals surface area (Å²) in [6, 6.07) is 4.82. The van der Waals surface area contributed by atoms with Gasteiger partial charge in [-0.15, -0.1) is 0 Å². The van der Waals surface area contributed by atoms with E-state index in [0.717, 1.165) is 241 Å². The molecule has 5 heterocycles. The quantitative estimate of drug-likeness (QED) is 0.0433. The van der Waals surface area contributed by atoms with E-state index in [1.165, 1.54) is 85.3 Å². The van der Waals surface area contributed by atoms with Gasteiger partial charge < -0.3 is 87.9 Å². The third-order valence-corrected chi connectivity index (χ3v) is 28.0. The summed E-state index contributed by atoms with van der Waals surface area (Å²) in [5, 5.41) is 0. The normalized spacial score (nSPS) is 20.8. The molecule has 0 aromatic heterocycles. The number of esters is 12. The van der Waals surface area contributed by atoms with Gasteiger partial charge in [0.15, 0.2) is 0 Å². The first-order valence-corrected chi connectivity index (χ1v) is 52.4. The number of carbonyl (C=O) groups excluding carboxylic acids is 12. The molecule has 0 aromatic rings. The Bertz CT molecular complexity index is 3250. The highest BCUT2D eigenvalue weighted by molar-refractivity contribution is 5.73. The fraction of sp³-hybridized carbons (Fsp3) is 0.882. The molecule has 5 fully saturated rings. The molecule has 142 heavy (non-hydrogen) atoms. The minimum absolute atomic E-state index is 0.0950. The predicted octanol–water partition coefficient (Wildman–Crippen LogP) is 5.47. The number of nitrogens with two attached hydrogens (primary N) is 2. The van der Waals surface area contributed by atoms with Gasteiger partial charge >= 0.3 is 71.6 Å². The van der Waals surface area contributed by atoms with Crippen molar-refractivity contribution >= 4 is 71.6 Å². The van der Waals surface area contributed by atoms with Crippen LogP contribution in [0.2, 0.25) is 0 Å². The van der Waals surface area contributed by atoms with Crippen molar-refractivity contribution in [3.63, 3.8) is 0 Å². The van der Waals surface area contributed by atoms with Crippen LogP contribution in [0, 0.1) is 0 Å². The van der Waals surface area contributed by atoms with Gasteiger partial charge in [0, 0.05) is 282 Å². The number of nitrogens with zero attached hydrogens (tertiary/aromatic N) is 14. The highest BCUT2D eigenvalue weighted by Gasteiger charge is 2.35. The second-order valence-corrected chi connectivity index (χ2v) is 38.5. The molecule has 5 saturated heterocycles. The van der Waals surface area contributed by atoms with E-state index in [1.807, 2.05) is 0 Å². The van der Waals surface area contributed by atoms with Gasteiger partial charge in [0.05, 0.1) is 137 Å². The standard InChI is InChI=1S/C26H48N4O8.C23H43N3O6.C20H38N2O4.C18H36N4O4.C15H31N3O2/c1-21-19-30(18-16-28(13-9-25(33)37-5)14-10-26(34)38-6)22(2)20-29(21)17-15-27(11-7-23(31)35-3)12-8-24(32)36-4;1-19-18-26(20(2)17-25(19)12-8-6-7-9-21(27)30-3)16-15-24(13-10-22(28)31-4)14-11-23(29)32-5;1-17-15-22(14-10-6-8-12-20(24)26-4)18(2)16-21(17)13-9-5-7-11-19(23)25-3;1-15-14-22(16(2)13-21(15)10-7-19)12-11-20(8-5-17(23)25-3)9-6-18(24)26-4;1-13-12-18(10-8-16)14(2)11-17(13)9-6-4-5-7-15(19)20-3/h21-22H,7-20H2,1-6H3;19-20H,6-18H2,1-5H3;17-18H,5-16H2,1-4H3;15-16H,5-14,19H2,1-4H3;13-14H,4-12,16H2,1-3H3/t21-,22+;19-,20+;17-,18+;15-,16+;13-,14+/m.0.00/s1. The van der Waals surface area contributed by atoms with E-state index in [9.17, 15) is 57.5 Å². The molecule has 0 saturated carbocycles. The Morgan fingerprint density at radius 1 is 0.176 bits per heavy atom. The van der Waals surface area contributed by atoms with Gasteiger partial charge in [0.1, 0.15) is 0 Å². The van der Waals surface area contributed by atoms with E-state index in [4.69, 9.17) is 54.1 Å². The van der Waals surface area contributed by atoms with Crippen LogP contribution in [0.25, 0.3) is 0 Å². The molecule has 5 rings (SSSR count). The van der Waals surface area contributed by atoms with Crippen molar-refractivity contribution in [3.8, 4) is 0 Å². The fourth-order valence-corrected chi connectivity index (χ4v) is 18.5. The van der Waals surface area contributed by atoms with Gasteiger partial charge in [-0.1, -0.05) is 25.7 Å². The van der Waals surface area contributed by atoms with E-state index in [0.29, 0.717) is 171 Å². The summed E-state index contributed by atoms with van der Waals surface area (Å²) < 4.78 is 56.7. The van der Waals surface area contributed by atoms with Crippen LogP contribution < -0.4 is 11.5 Å². The van der Waals surface area contributed by atoms with E-state index >= 15 is 0 Å². The summed E-state index contributed by atoms with van der Waals surface area (Å²) in [5.74, 6) is -2.45. The maximum atomic E-state index is 11.6. The number of unbranched alkanes of at least 4 members (excludes halogenated alkanes) is 8. The average Bonchev–Trinajstić information content (AvgIpc) is 0.858. The Morgan fingerprint density at radius 2 is 0.296 bits per heavy atom. The van der Waals surface area contributed by atoms with Crippen molar-refractivity contribution in [2.45, 2.75) is 284 Å². The number of hydrogen-bond donors (Lipinski definition) is 2. The van der Waals surface area contributed by atoms with Crippen LogP contribution >= 0.6 is 0 Å².